The zero-order chi connectivity index (χ0) is 16.1. The van der Waals surface area contributed by atoms with E-state index in [1.165, 1.54) is 0 Å². The van der Waals surface area contributed by atoms with Crippen molar-refractivity contribution in [1.29, 1.82) is 0 Å². The maximum absolute atomic E-state index is 12.1. The Morgan fingerprint density at radius 3 is 2.61 bits per heavy atom. The zero-order valence-electron chi connectivity index (χ0n) is 13.2. The lowest BCUT2D eigenvalue weighted by Gasteiger charge is -2.19. The molecule has 2 aromatic rings. The lowest BCUT2D eigenvalue weighted by Crippen LogP contribution is -2.26. The first-order chi connectivity index (χ1) is 11.2. The first-order valence-electron chi connectivity index (χ1n) is 7.95. The highest BCUT2D eigenvalue weighted by atomic mass is 16.6. The summed E-state index contributed by atoms with van der Waals surface area (Å²) in [6.07, 6.45) is 1.14. The summed E-state index contributed by atoms with van der Waals surface area (Å²) in [5.41, 5.74) is 2.19. The Morgan fingerprint density at radius 1 is 1.09 bits per heavy atom. The van der Waals surface area contributed by atoms with Crippen LogP contribution in [0.1, 0.15) is 30.5 Å². The highest BCUT2D eigenvalue weighted by Gasteiger charge is 2.13. The summed E-state index contributed by atoms with van der Waals surface area (Å²) in [5, 5.41) is 3.03. The Hall–Kier alpha value is -2.49. The van der Waals surface area contributed by atoms with Gasteiger partial charge in [-0.25, -0.2) is 0 Å². The van der Waals surface area contributed by atoms with Gasteiger partial charge in [-0.05, 0) is 36.6 Å². The second-order valence-corrected chi connectivity index (χ2v) is 5.68. The van der Waals surface area contributed by atoms with Gasteiger partial charge in [0.2, 0.25) is 5.91 Å². The third-order valence-electron chi connectivity index (χ3n) is 3.92. The summed E-state index contributed by atoms with van der Waals surface area (Å²) >= 11 is 0. The summed E-state index contributed by atoms with van der Waals surface area (Å²) in [6, 6.07) is 15.8. The maximum atomic E-state index is 12.1. The van der Waals surface area contributed by atoms with Gasteiger partial charge in [-0.1, -0.05) is 36.4 Å². The molecule has 0 saturated heterocycles. The number of aryl methyl sites for hydroxylation is 1. The molecular formula is C19H21NO3. The van der Waals surface area contributed by atoms with E-state index in [-0.39, 0.29) is 11.9 Å². The lowest BCUT2D eigenvalue weighted by molar-refractivity contribution is -0.121. The van der Waals surface area contributed by atoms with Crippen molar-refractivity contribution in [2.24, 2.45) is 0 Å². The molecule has 1 heterocycles. The summed E-state index contributed by atoms with van der Waals surface area (Å²) < 4.78 is 11.1. The molecule has 0 unspecified atom stereocenters. The van der Waals surface area contributed by atoms with Crippen LogP contribution in [0.5, 0.6) is 11.5 Å². The Bertz CT molecular complexity index is 670. The van der Waals surface area contributed by atoms with Gasteiger partial charge in [-0.15, -0.1) is 0 Å². The van der Waals surface area contributed by atoms with Crippen LogP contribution in [0.2, 0.25) is 0 Å². The number of fused-ring (bicyclic) bond motifs is 1. The smallest absolute Gasteiger partial charge is 0.220 e. The highest BCUT2D eigenvalue weighted by molar-refractivity contribution is 5.76. The predicted octanol–water partition coefficient (Wildman–Crippen LogP) is 3.27. The van der Waals surface area contributed by atoms with Crippen LogP contribution < -0.4 is 14.8 Å². The average Bonchev–Trinajstić information content (AvgIpc) is 2.60. The molecule has 0 aliphatic carbocycles. The van der Waals surface area contributed by atoms with E-state index in [2.05, 4.69) is 5.32 Å². The molecule has 1 amide bonds. The van der Waals surface area contributed by atoms with Crippen LogP contribution in [0.25, 0.3) is 0 Å². The van der Waals surface area contributed by atoms with Crippen molar-refractivity contribution in [2.75, 3.05) is 13.2 Å². The van der Waals surface area contributed by atoms with Gasteiger partial charge in [0.15, 0.2) is 11.5 Å². The van der Waals surface area contributed by atoms with E-state index >= 15 is 0 Å². The normalized spacial score (nSPS) is 14.1. The van der Waals surface area contributed by atoms with E-state index in [1.807, 2.05) is 55.5 Å². The van der Waals surface area contributed by atoms with Gasteiger partial charge in [0.05, 0.1) is 6.04 Å². The van der Waals surface area contributed by atoms with Crippen LogP contribution in [0, 0.1) is 0 Å². The van der Waals surface area contributed by atoms with Crippen LogP contribution in [0.4, 0.5) is 0 Å². The summed E-state index contributed by atoms with van der Waals surface area (Å²) in [6.45, 7) is 3.16. The molecule has 3 rings (SSSR count). The summed E-state index contributed by atoms with van der Waals surface area (Å²) in [4.78, 5) is 12.1. The Labute approximate surface area is 136 Å². The molecular weight excluding hydrogens is 290 g/mol. The molecule has 1 N–H and O–H groups in total. The standard InChI is InChI=1S/C19H21NO3/c1-14(16-5-3-2-4-6-16)20-19(21)10-8-15-7-9-17-18(13-15)23-12-11-22-17/h2-7,9,13-14H,8,10-12H2,1H3,(H,20,21)/t14-/m0/s1. The van der Waals surface area contributed by atoms with Gasteiger partial charge in [0.1, 0.15) is 13.2 Å². The molecule has 0 spiro atoms. The van der Waals surface area contributed by atoms with Gasteiger partial charge in [0.25, 0.3) is 0 Å². The van der Waals surface area contributed by atoms with Crippen LogP contribution in [0.3, 0.4) is 0 Å². The topological polar surface area (TPSA) is 47.6 Å². The largest absolute Gasteiger partial charge is 0.486 e. The van der Waals surface area contributed by atoms with Crippen molar-refractivity contribution < 1.29 is 14.3 Å². The van der Waals surface area contributed by atoms with Gasteiger partial charge >= 0.3 is 0 Å². The summed E-state index contributed by atoms with van der Waals surface area (Å²) in [5.74, 6) is 1.60. The van der Waals surface area contributed by atoms with E-state index in [0.717, 1.165) is 22.6 Å². The Kier molecular flexibility index (Phi) is 4.81. The minimum atomic E-state index is 0.0176. The number of rotatable bonds is 5. The van der Waals surface area contributed by atoms with Crippen molar-refractivity contribution in [2.45, 2.75) is 25.8 Å². The molecule has 1 atom stereocenters. The molecule has 0 saturated carbocycles. The van der Waals surface area contributed by atoms with E-state index in [9.17, 15) is 4.79 Å². The minimum absolute atomic E-state index is 0.0176. The third-order valence-corrected chi connectivity index (χ3v) is 3.92. The quantitative estimate of drug-likeness (QED) is 0.922. The molecule has 1 aliphatic heterocycles. The summed E-state index contributed by atoms with van der Waals surface area (Å²) in [7, 11) is 0. The molecule has 1 aliphatic rings. The van der Waals surface area contributed by atoms with Crippen molar-refractivity contribution in [3.05, 3.63) is 59.7 Å². The molecule has 0 radical (unpaired) electrons. The van der Waals surface area contributed by atoms with Gasteiger partial charge < -0.3 is 14.8 Å². The van der Waals surface area contributed by atoms with Crippen LogP contribution >= 0.6 is 0 Å². The first-order valence-corrected chi connectivity index (χ1v) is 7.95. The van der Waals surface area contributed by atoms with E-state index in [1.54, 1.807) is 0 Å². The highest BCUT2D eigenvalue weighted by Crippen LogP contribution is 2.31. The van der Waals surface area contributed by atoms with Crippen LogP contribution in [-0.2, 0) is 11.2 Å². The number of hydrogen-bond acceptors (Lipinski definition) is 3. The molecule has 2 aromatic carbocycles. The molecule has 0 fully saturated rings. The van der Waals surface area contributed by atoms with Crippen molar-refractivity contribution in [3.63, 3.8) is 0 Å². The molecule has 0 bridgehead atoms. The first kappa shape index (κ1) is 15.4. The fraction of sp³-hybridized carbons (Fsp3) is 0.316. The fourth-order valence-electron chi connectivity index (χ4n) is 2.64. The average molecular weight is 311 g/mol. The number of amides is 1. The third kappa shape index (κ3) is 4.03. The number of nitrogens with one attached hydrogen (secondary N) is 1. The number of benzene rings is 2. The van der Waals surface area contributed by atoms with Crippen molar-refractivity contribution >= 4 is 5.91 Å². The minimum Gasteiger partial charge on any atom is -0.486 e. The van der Waals surface area contributed by atoms with Gasteiger partial charge in [-0.2, -0.15) is 0 Å². The van der Waals surface area contributed by atoms with E-state index in [0.29, 0.717) is 26.1 Å². The van der Waals surface area contributed by atoms with Crippen molar-refractivity contribution in [1.82, 2.24) is 5.32 Å². The second kappa shape index (κ2) is 7.18. The maximum Gasteiger partial charge on any atom is 0.220 e. The predicted molar refractivity (Wildman–Crippen MR) is 88.8 cm³/mol. The van der Waals surface area contributed by atoms with Crippen LogP contribution in [0.15, 0.2) is 48.5 Å². The van der Waals surface area contributed by atoms with E-state index in [4.69, 9.17) is 9.47 Å². The fourth-order valence-corrected chi connectivity index (χ4v) is 2.64. The lowest BCUT2D eigenvalue weighted by atomic mass is 10.1. The monoisotopic (exact) mass is 311 g/mol. The molecule has 0 aromatic heterocycles. The Morgan fingerprint density at radius 2 is 1.83 bits per heavy atom. The van der Waals surface area contributed by atoms with Gasteiger partial charge in [-0.3, -0.25) is 4.79 Å². The number of carbonyl (C=O) groups is 1. The van der Waals surface area contributed by atoms with Crippen molar-refractivity contribution in [3.8, 4) is 11.5 Å². The van der Waals surface area contributed by atoms with Crippen LogP contribution in [-0.4, -0.2) is 19.1 Å². The van der Waals surface area contributed by atoms with Gasteiger partial charge in [0, 0.05) is 6.42 Å². The SMILES string of the molecule is C[C@H](NC(=O)CCc1ccc2c(c1)OCCO2)c1ccccc1. The molecule has 4 nitrogen and oxygen atoms in total. The number of carbonyl (C=O) groups excluding carboxylic acids is 1. The Balaban J connectivity index is 1.53. The molecule has 4 heteroatoms. The second-order valence-electron chi connectivity index (χ2n) is 5.68. The number of ether oxygens (including phenoxy) is 2. The zero-order valence-corrected chi connectivity index (χ0v) is 13.2. The molecule has 23 heavy (non-hydrogen) atoms. The van der Waals surface area contributed by atoms with E-state index < -0.39 is 0 Å². The molecule has 120 valence electrons. The number of hydrogen-bond donors (Lipinski definition) is 1.